The van der Waals surface area contributed by atoms with Gasteiger partial charge in [-0.15, -0.1) is 0 Å². The molecule has 0 radical (unpaired) electrons. The van der Waals surface area contributed by atoms with Gasteiger partial charge in [0.05, 0.1) is 25.4 Å². The number of nitrogens with one attached hydrogen (secondary N) is 1. The van der Waals surface area contributed by atoms with Gasteiger partial charge in [0, 0.05) is 6.42 Å². The molecule has 0 spiro atoms. The predicted octanol–water partition coefficient (Wildman–Crippen LogP) is 8.24. The molecule has 1 amide bonds. The topological polar surface area (TPSA) is 212 Å². The molecule has 0 aromatic carbocycles. The minimum absolute atomic E-state index is 0.0253. The summed E-state index contributed by atoms with van der Waals surface area (Å²) in [6, 6.07) is -1.17. The third kappa shape index (κ3) is 29.9. The summed E-state index contributed by atoms with van der Waals surface area (Å²) in [6.45, 7) is 3.14. The lowest BCUT2D eigenvalue weighted by Gasteiger charge is -2.41. The SMILES string of the molecule is CCCCCCCC/C=C\C/C=C\CC(O)C(=O)NC(COC1OC(CO)C(O)C(OS(=O)(=O)O)C1O)C(O)/C=C/CC/C=C/CCCCCCCCCCCCCCCC. The van der Waals surface area contributed by atoms with Gasteiger partial charge in [-0.2, -0.15) is 8.42 Å². The van der Waals surface area contributed by atoms with Crippen LogP contribution < -0.4 is 5.32 Å². The number of carbonyl (C=O) groups is 1. The zero-order valence-corrected chi connectivity index (χ0v) is 38.4. The number of hydrogen-bond acceptors (Lipinski definition) is 11. The summed E-state index contributed by atoms with van der Waals surface area (Å²) in [5.41, 5.74) is 0. The quantitative estimate of drug-likeness (QED) is 0.0177. The van der Waals surface area contributed by atoms with Crippen LogP contribution in [-0.4, -0.2) is 107 Å². The highest BCUT2D eigenvalue weighted by molar-refractivity contribution is 7.80. The Bertz CT molecular complexity index is 1290. The van der Waals surface area contributed by atoms with Crippen LogP contribution in [0.5, 0.6) is 0 Å². The Balaban J connectivity index is 2.63. The van der Waals surface area contributed by atoms with Gasteiger partial charge in [0.25, 0.3) is 0 Å². The van der Waals surface area contributed by atoms with E-state index in [2.05, 4.69) is 47.7 Å². The number of aliphatic hydroxyl groups is 5. The van der Waals surface area contributed by atoms with E-state index in [9.17, 15) is 43.3 Å². The van der Waals surface area contributed by atoms with Gasteiger partial charge in [-0.1, -0.05) is 178 Å². The van der Waals surface area contributed by atoms with Crippen molar-refractivity contribution in [1.29, 1.82) is 0 Å². The number of unbranched alkanes of at least 4 members (excludes halogenated alkanes) is 21. The van der Waals surface area contributed by atoms with Crippen LogP contribution in [0.3, 0.4) is 0 Å². The van der Waals surface area contributed by atoms with Crippen molar-refractivity contribution in [3.8, 4) is 0 Å². The second-order valence-corrected chi connectivity index (χ2v) is 17.5. The Morgan fingerprint density at radius 3 is 1.67 bits per heavy atom. The summed E-state index contributed by atoms with van der Waals surface area (Å²) < 4.78 is 47.4. The highest BCUT2D eigenvalue weighted by Crippen LogP contribution is 2.26. The summed E-state index contributed by atoms with van der Waals surface area (Å²) >= 11 is 0. The zero-order chi connectivity index (χ0) is 45.0. The fourth-order valence-corrected chi connectivity index (χ4v) is 7.67. The van der Waals surface area contributed by atoms with Crippen LogP contribution in [0.4, 0.5) is 0 Å². The number of carbonyl (C=O) groups excluding carboxylic acids is 1. The average Bonchev–Trinajstić information content (AvgIpc) is 3.23. The molecule has 13 nitrogen and oxygen atoms in total. The molecular formula is C47H85NO12S. The van der Waals surface area contributed by atoms with Gasteiger partial charge in [-0.05, 0) is 44.9 Å². The van der Waals surface area contributed by atoms with Gasteiger partial charge >= 0.3 is 10.4 Å². The summed E-state index contributed by atoms with van der Waals surface area (Å²) in [5.74, 6) is -0.780. The van der Waals surface area contributed by atoms with Gasteiger partial charge in [0.1, 0.15) is 30.5 Å². The van der Waals surface area contributed by atoms with Gasteiger partial charge in [-0.25, -0.2) is 4.18 Å². The third-order valence-corrected chi connectivity index (χ3v) is 11.4. The highest BCUT2D eigenvalue weighted by Gasteiger charge is 2.48. The first kappa shape index (κ1) is 57.0. The summed E-state index contributed by atoms with van der Waals surface area (Å²) in [6.07, 6.45) is 33.7. The lowest BCUT2D eigenvalue weighted by molar-refractivity contribution is -0.298. The lowest BCUT2D eigenvalue weighted by atomic mass is 9.99. The molecule has 8 atom stereocenters. The van der Waals surface area contributed by atoms with E-state index >= 15 is 0 Å². The Labute approximate surface area is 369 Å². The molecule has 1 saturated heterocycles. The van der Waals surface area contributed by atoms with E-state index in [1.165, 1.54) is 122 Å². The molecule has 1 aliphatic heterocycles. The molecule has 8 unspecified atom stereocenters. The monoisotopic (exact) mass is 888 g/mol. The number of ether oxygens (including phenoxy) is 2. The van der Waals surface area contributed by atoms with Crippen molar-refractivity contribution in [2.75, 3.05) is 13.2 Å². The highest BCUT2D eigenvalue weighted by atomic mass is 32.3. The number of aliphatic hydroxyl groups excluding tert-OH is 5. The molecule has 1 rings (SSSR count). The molecule has 1 aliphatic rings. The Morgan fingerprint density at radius 1 is 0.672 bits per heavy atom. The van der Waals surface area contributed by atoms with Gasteiger partial charge in [0.15, 0.2) is 6.29 Å². The molecule has 61 heavy (non-hydrogen) atoms. The molecular weight excluding hydrogens is 803 g/mol. The Morgan fingerprint density at radius 2 is 1.15 bits per heavy atom. The predicted molar refractivity (Wildman–Crippen MR) is 242 cm³/mol. The van der Waals surface area contributed by atoms with E-state index in [-0.39, 0.29) is 6.42 Å². The maximum atomic E-state index is 13.0. The molecule has 1 heterocycles. The minimum atomic E-state index is -5.13. The van der Waals surface area contributed by atoms with Gasteiger partial charge in [-0.3, -0.25) is 9.35 Å². The van der Waals surface area contributed by atoms with Crippen molar-refractivity contribution in [3.05, 3.63) is 48.6 Å². The standard InChI is InChI=1S/C47H85NO12S/c1-3-5-7-9-11-13-15-17-18-19-20-21-22-23-24-26-27-29-31-33-35-40(50)39(38-58-47-44(53)45(60-61(55,56)57)43(52)42(37-49)59-47)48-46(54)41(51)36-34-32-30-28-25-16-14-12-10-8-6-4-2/h25-28,32-35,39-45,47,49-53H,3-24,29-31,36-38H2,1-2H3,(H,48,54)(H,55,56,57)/b27-26+,28-25-,34-32-,35-33+. The fourth-order valence-electron chi connectivity index (χ4n) is 7.17. The van der Waals surface area contributed by atoms with Crippen LogP contribution in [0, 0.1) is 0 Å². The van der Waals surface area contributed by atoms with Crippen molar-refractivity contribution >= 4 is 16.3 Å². The Kier molecular flexibility index (Phi) is 35.0. The van der Waals surface area contributed by atoms with Crippen molar-refractivity contribution in [1.82, 2.24) is 5.32 Å². The van der Waals surface area contributed by atoms with Gasteiger partial charge in [0.2, 0.25) is 5.91 Å². The molecule has 356 valence electrons. The van der Waals surface area contributed by atoms with Crippen LogP contribution in [0.25, 0.3) is 0 Å². The van der Waals surface area contributed by atoms with E-state index < -0.39 is 78.5 Å². The molecule has 0 aromatic heterocycles. The van der Waals surface area contributed by atoms with E-state index in [4.69, 9.17) is 9.47 Å². The average molecular weight is 888 g/mol. The fraction of sp³-hybridized carbons (Fsp3) is 0.809. The Hall–Kier alpha value is -1.98. The van der Waals surface area contributed by atoms with Crippen LogP contribution in [0.15, 0.2) is 48.6 Å². The maximum Gasteiger partial charge on any atom is 0.397 e. The maximum absolute atomic E-state index is 13.0. The molecule has 0 aromatic rings. The molecule has 7 N–H and O–H groups in total. The first-order valence-corrected chi connectivity index (χ1v) is 25.0. The summed E-state index contributed by atoms with van der Waals surface area (Å²) in [7, 11) is -5.13. The van der Waals surface area contributed by atoms with Crippen molar-refractivity contribution in [2.45, 2.75) is 230 Å². The minimum Gasteiger partial charge on any atom is -0.394 e. The molecule has 0 saturated carbocycles. The lowest BCUT2D eigenvalue weighted by Crippen LogP contribution is -2.61. The normalized spacial score (nSPS) is 21.6. The van der Waals surface area contributed by atoms with Crippen LogP contribution in [0.1, 0.15) is 181 Å². The second-order valence-electron chi connectivity index (χ2n) is 16.5. The zero-order valence-electron chi connectivity index (χ0n) is 37.6. The number of hydrogen-bond donors (Lipinski definition) is 7. The van der Waals surface area contributed by atoms with E-state index in [1.807, 2.05) is 6.08 Å². The van der Waals surface area contributed by atoms with E-state index in [1.54, 1.807) is 12.2 Å². The smallest absolute Gasteiger partial charge is 0.394 e. The summed E-state index contributed by atoms with van der Waals surface area (Å²) in [5, 5.41) is 55.0. The van der Waals surface area contributed by atoms with Crippen molar-refractivity contribution in [3.63, 3.8) is 0 Å². The van der Waals surface area contributed by atoms with E-state index in [0.29, 0.717) is 12.8 Å². The molecule has 0 bridgehead atoms. The van der Waals surface area contributed by atoms with Crippen LogP contribution >= 0.6 is 0 Å². The van der Waals surface area contributed by atoms with Crippen molar-refractivity contribution in [2.24, 2.45) is 0 Å². The molecule has 14 heteroatoms. The largest absolute Gasteiger partial charge is 0.397 e. The molecule has 0 aliphatic carbocycles. The molecule has 1 fully saturated rings. The number of rotatable bonds is 39. The van der Waals surface area contributed by atoms with Crippen molar-refractivity contribution < 1.29 is 57.0 Å². The third-order valence-electron chi connectivity index (χ3n) is 11.0. The number of allylic oxidation sites excluding steroid dienone is 6. The summed E-state index contributed by atoms with van der Waals surface area (Å²) in [4.78, 5) is 13.0. The second kappa shape index (κ2) is 37.4. The van der Waals surface area contributed by atoms with Crippen LogP contribution in [-0.2, 0) is 28.9 Å². The number of amides is 1. The van der Waals surface area contributed by atoms with Crippen LogP contribution in [0.2, 0.25) is 0 Å². The van der Waals surface area contributed by atoms with Gasteiger partial charge < -0.3 is 40.3 Å². The first-order valence-electron chi connectivity index (χ1n) is 23.6. The van der Waals surface area contributed by atoms with E-state index in [0.717, 1.165) is 32.1 Å². The first-order chi connectivity index (χ1) is 29.4.